The number of benzene rings is 2. The van der Waals surface area contributed by atoms with Crippen LogP contribution in [-0.2, 0) is 11.3 Å². The van der Waals surface area contributed by atoms with E-state index in [1.165, 1.54) is 24.8 Å². The molecule has 2 amide bonds. The second-order valence-corrected chi connectivity index (χ2v) is 6.37. The monoisotopic (exact) mass is 371 g/mol. The Morgan fingerprint density at radius 2 is 1.78 bits per heavy atom. The molecule has 1 heterocycles. The zero-order valence-electron chi connectivity index (χ0n) is 15.2. The number of carbonyl (C=O) groups is 2. The van der Waals surface area contributed by atoms with Gasteiger partial charge in [0.25, 0.3) is 0 Å². The number of amides is 2. The molecule has 0 atom stereocenters. The zero-order chi connectivity index (χ0) is 19.2. The number of rotatable bonds is 4. The summed E-state index contributed by atoms with van der Waals surface area (Å²) in [6.07, 6.45) is 0. The Kier molecular flexibility index (Phi) is 6.03. The Hall–Kier alpha value is -2.93. The van der Waals surface area contributed by atoms with Gasteiger partial charge in [-0.25, -0.2) is 14.0 Å². The first-order valence-electron chi connectivity index (χ1n) is 8.77. The van der Waals surface area contributed by atoms with Crippen molar-refractivity contribution in [3.8, 4) is 0 Å². The maximum atomic E-state index is 14.0. The number of carbonyl (C=O) groups excluding carboxylic acids is 2. The number of esters is 1. The molecule has 0 radical (unpaired) electrons. The smallest absolute Gasteiger partial charge is 0.337 e. The van der Waals surface area contributed by atoms with Crippen molar-refractivity contribution in [3.63, 3.8) is 0 Å². The molecule has 0 aromatic heterocycles. The van der Waals surface area contributed by atoms with E-state index >= 15 is 0 Å². The number of nitrogens with zero attached hydrogens (tertiary/aromatic N) is 2. The topological polar surface area (TPSA) is 61.9 Å². The van der Waals surface area contributed by atoms with E-state index in [1.54, 1.807) is 4.90 Å². The lowest BCUT2D eigenvalue weighted by Crippen LogP contribution is -2.49. The van der Waals surface area contributed by atoms with Crippen LogP contribution in [0.1, 0.15) is 15.9 Å². The lowest BCUT2D eigenvalue weighted by molar-refractivity contribution is 0.0600. The van der Waals surface area contributed by atoms with Gasteiger partial charge in [0, 0.05) is 32.7 Å². The van der Waals surface area contributed by atoms with E-state index in [2.05, 4.69) is 27.1 Å². The van der Waals surface area contributed by atoms with Gasteiger partial charge in [0.2, 0.25) is 0 Å². The molecule has 142 valence electrons. The SMILES string of the molecule is COC(=O)c1ccc(F)c(NC(=O)N2CCN(Cc3ccccc3)CC2)c1. The van der Waals surface area contributed by atoms with E-state index in [9.17, 15) is 14.0 Å². The van der Waals surface area contributed by atoms with Gasteiger partial charge in [-0.05, 0) is 23.8 Å². The van der Waals surface area contributed by atoms with Crippen molar-refractivity contribution in [2.75, 3.05) is 38.6 Å². The Labute approximate surface area is 157 Å². The van der Waals surface area contributed by atoms with E-state index in [-0.39, 0.29) is 17.3 Å². The van der Waals surface area contributed by atoms with Crippen LogP contribution in [0.5, 0.6) is 0 Å². The summed E-state index contributed by atoms with van der Waals surface area (Å²) in [5.74, 6) is -1.18. The number of nitrogens with one attached hydrogen (secondary N) is 1. The van der Waals surface area contributed by atoms with Crippen LogP contribution in [-0.4, -0.2) is 55.1 Å². The number of halogens is 1. The number of anilines is 1. The summed E-state index contributed by atoms with van der Waals surface area (Å²) in [5.41, 5.74) is 1.38. The molecule has 2 aromatic rings. The Morgan fingerprint density at radius 1 is 1.07 bits per heavy atom. The maximum Gasteiger partial charge on any atom is 0.337 e. The van der Waals surface area contributed by atoms with Gasteiger partial charge in [0.15, 0.2) is 0 Å². The van der Waals surface area contributed by atoms with Crippen LogP contribution in [0.3, 0.4) is 0 Å². The fourth-order valence-electron chi connectivity index (χ4n) is 3.01. The van der Waals surface area contributed by atoms with Crippen molar-refractivity contribution in [3.05, 3.63) is 65.5 Å². The molecule has 6 nitrogen and oxygen atoms in total. The third-order valence-electron chi connectivity index (χ3n) is 4.54. The molecule has 0 saturated carbocycles. The molecule has 7 heteroatoms. The second kappa shape index (κ2) is 8.64. The molecule has 1 aliphatic rings. The molecule has 2 aromatic carbocycles. The van der Waals surface area contributed by atoms with E-state index in [0.717, 1.165) is 25.7 Å². The molecule has 0 spiro atoms. The summed E-state index contributed by atoms with van der Waals surface area (Å²) < 4.78 is 18.6. The third-order valence-corrected chi connectivity index (χ3v) is 4.54. The second-order valence-electron chi connectivity index (χ2n) is 6.37. The van der Waals surface area contributed by atoms with Crippen molar-refractivity contribution < 1.29 is 18.7 Å². The van der Waals surface area contributed by atoms with Gasteiger partial charge in [-0.3, -0.25) is 4.90 Å². The van der Waals surface area contributed by atoms with Gasteiger partial charge in [0.1, 0.15) is 5.82 Å². The van der Waals surface area contributed by atoms with E-state index in [0.29, 0.717) is 13.1 Å². The van der Waals surface area contributed by atoms with Crippen molar-refractivity contribution in [1.82, 2.24) is 9.80 Å². The van der Waals surface area contributed by atoms with Crippen LogP contribution in [0.4, 0.5) is 14.9 Å². The van der Waals surface area contributed by atoms with Crippen LogP contribution in [0, 0.1) is 5.82 Å². The summed E-state index contributed by atoms with van der Waals surface area (Å²) in [4.78, 5) is 27.9. The van der Waals surface area contributed by atoms with Crippen molar-refractivity contribution in [2.24, 2.45) is 0 Å². The van der Waals surface area contributed by atoms with Gasteiger partial charge in [-0.1, -0.05) is 30.3 Å². The fraction of sp³-hybridized carbons (Fsp3) is 0.300. The molecule has 1 saturated heterocycles. The number of piperazine rings is 1. The number of hydrogen-bond donors (Lipinski definition) is 1. The van der Waals surface area contributed by atoms with E-state index in [4.69, 9.17) is 0 Å². The molecule has 1 N–H and O–H groups in total. The molecule has 0 unspecified atom stereocenters. The number of methoxy groups -OCH3 is 1. The molecule has 27 heavy (non-hydrogen) atoms. The highest BCUT2D eigenvalue weighted by molar-refractivity contribution is 5.94. The minimum atomic E-state index is -0.598. The minimum Gasteiger partial charge on any atom is -0.465 e. The minimum absolute atomic E-state index is 0.0328. The van der Waals surface area contributed by atoms with Gasteiger partial charge in [-0.2, -0.15) is 0 Å². The van der Waals surface area contributed by atoms with Crippen molar-refractivity contribution in [2.45, 2.75) is 6.54 Å². The van der Waals surface area contributed by atoms with E-state index in [1.807, 2.05) is 18.2 Å². The molecule has 0 aliphatic carbocycles. The highest BCUT2D eigenvalue weighted by Gasteiger charge is 2.22. The van der Waals surface area contributed by atoms with Crippen LogP contribution in [0.25, 0.3) is 0 Å². The van der Waals surface area contributed by atoms with E-state index < -0.39 is 11.8 Å². The summed E-state index contributed by atoms with van der Waals surface area (Å²) in [5, 5.41) is 2.55. The van der Waals surface area contributed by atoms with Gasteiger partial charge >= 0.3 is 12.0 Å². The first-order valence-corrected chi connectivity index (χ1v) is 8.77. The molecule has 1 fully saturated rings. The summed E-state index contributed by atoms with van der Waals surface area (Å²) in [7, 11) is 1.25. The first kappa shape index (κ1) is 18.8. The summed E-state index contributed by atoms with van der Waals surface area (Å²) in [6, 6.07) is 13.5. The predicted octanol–water partition coefficient (Wildman–Crippen LogP) is 2.96. The van der Waals surface area contributed by atoms with Gasteiger partial charge in [0.05, 0.1) is 18.4 Å². The summed E-state index contributed by atoms with van der Waals surface area (Å²) >= 11 is 0. The summed E-state index contributed by atoms with van der Waals surface area (Å²) in [6.45, 7) is 3.43. The van der Waals surface area contributed by atoms with Gasteiger partial charge < -0.3 is 15.0 Å². The molecule has 0 bridgehead atoms. The lowest BCUT2D eigenvalue weighted by atomic mass is 10.2. The van der Waals surface area contributed by atoms with Crippen molar-refractivity contribution in [1.29, 1.82) is 0 Å². The maximum absolute atomic E-state index is 14.0. The lowest BCUT2D eigenvalue weighted by Gasteiger charge is -2.34. The standard InChI is InChI=1S/C20H22FN3O3/c1-27-19(25)16-7-8-17(21)18(13-16)22-20(26)24-11-9-23(10-12-24)14-15-5-3-2-4-6-15/h2-8,13H,9-12,14H2,1H3,(H,22,26). The fourth-order valence-corrected chi connectivity index (χ4v) is 3.01. The third kappa shape index (κ3) is 4.83. The predicted molar refractivity (Wildman–Crippen MR) is 100 cm³/mol. The largest absolute Gasteiger partial charge is 0.465 e. The number of hydrogen-bond acceptors (Lipinski definition) is 4. The molecule has 1 aliphatic heterocycles. The Balaban J connectivity index is 1.56. The van der Waals surface area contributed by atoms with Gasteiger partial charge in [-0.15, -0.1) is 0 Å². The zero-order valence-corrected chi connectivity index (χ0v) is 15.2. The quantitative estimate of drug-likeness (QED) is 0.840. The number of urea groups is 1. The number of ether oxygens (including phenoxy) is 1. The average Bonchev–Trinajstić information content (AvgIpc) is 2.70. The first-order chi connectivity index (χ1) is 13.1. The normalized spacial score (nSPS) is 14.7. The molecule has 3 rings (SSSR count). The highest BCUT2D eigenvalue weighted by Crippen LogP contribution is 2.18. The Morgan fingerprint density at radius 3 is 2.44 bits per heavy atom. The molecular weight excluding hydrogens is 349 g/mol. The Bertz CT molecular complexity index is 805. The van der Waals surface area contributed by atoms with Crippen LogP contribution < -0.4 is 5.32 Å². The van der Waals surface area contributed by atoms with Crippen LogP contribution in [0.2, 0.25) is 0 Å². The highest BCUT2D eigenvalue weighted by atomic mass is 19.1. The average molecular weight is 371 g/mol. The van der Waals surface area contributed by atoms with Crippen LogP contribution >= 0.6 is 0 Å². The van der Waals surface area contributed by atoms with Crippen molar-refractivity contribution >= 4 is 17.7 Å². The molecular formula is C20H22FN3O3. The van der Waals surface area contributed by atoms with Crippen LogP contribution in [0.15, 0.2) is 48.5 Å².